The van der Waals surface area contributed by atoms with E-state index in [9.17, 15) is 5.11 Å². The highest BCUT2D eigenvalue weighted by atomic mass is 79.9. The molecule has 1 aromatic carbocycles. The summed E-state index contributed by atoms with van der Waals surface area (Å²) in [6.45, 7) is 0.253. The number of aliphatic hydroxyl groups is 1. The molecule has 114 valence electrons. The Morgan fingerprint density at radius 1 is 1.33 bits per heavy atom. The standard InChI is InChI=1S/C16H19BrO3S/c1-19-11-20-15-8-3-2-5-12(15)6-4-7-14(18)16-9-13(17)10-21-16/h2-3,5,8-10,14,18H,4,6-7,11H2,1H3/t14-/m1/s1. The predicted molar refractivity (Wildman–Crippen MR) is 88.9 cm³/mol. The molecular formula is C16H19BrO3S. The molecule has 0 fully saturated rings. The second kappa shape index (κ2) is 8.54. The second-order valence-corrected chi connectivity index (χ2v) is 6.59. The van der Waals surface area contributed by atoms with Gasteiger partial charge in [0.15, 0.2) is 6.79 Å². The third-order valence-corrected chi connectivity index (χ3v) is 4.94. The SMILES string of the molecule is COCOc1ccccc1CCC[C@@H](O)c1cc(Br)cs1. The molecule has 1 N–H and O–H groups in total. The number of para-hydroxylation sites is 1. The summed E-state index contributed by atoms with van der Waals surface area (Å²) in [5.41, 5.74) is 1.15. The fraction of sp³-hybridized carbons (Fsp3) is 0.375. The molecule has 0 bridgehead atoms. The van der Waals surface area contributed by atoms with E-state index in [-0.39, 0.29) is 6.79 Å². The zero-order valence-electron chi connectivity index (χ0n) is 11.9. The summed E-state index contributed by atoms with van der Waals surface area (Å²) in [4.78, 5) is 1.01. The van der Waals surface area contributed by atoms with Crippen LogP contribution in [0.4, 0.5) is 0 Å². The van der Waals surface area contributed by atoms with Crippen molar-refractivity contribution in [1.29, 1.82) is 0 Å². The molecule has 0 aliphatic rings. The van der Waals surface area contributed by atoms with E-state index in [4.69, 9.17) is 9.47 Å². The molecule has 5 heteroatoms. The maximum absolute atomic E-state index is 10.2. The van der Waals surface area contributed by atoms with E-state index in [1.165, 1.54) is 0 Å². The van der Waals surface area contributed by atoms with Crippen LogP contribution < -0.4 is 4.74 Å². The number of hydrogen-bond donors (Lipinski definition) is 1. The van der Waals surface area contributed by atoms with Crippen LogP contribution in [0.2, 0.25) is 0 Å². The molecular weight excluding hydrogens is 352 g/mol. The number of ether oxygens (including phenoxy) is 2. The van der Waals surface area contributed by atoms with Crippen LogP contribution in [0.5, 0.6) is 5.75 Å². The Morgan fingerprint density at radius 3 is 2.86 bits per heavy atom. The summed E-state index contributed by atoms with van der Waals surface area (Å²) >= 11 is 4.99. The van der Waals surface area contributed by atoms with Gasteiger partial charge in [0.25, 0.3) is 0 Å². The van der Waals surface area contributed by atoms with Gasteiger partial charge in [-0.3, -0.25) is 0 Å². The Balaban J connectivity index is 1.85. The van der Waals surface area contributed by atoms with E-state index in [0.29, 0.717) is 0 Å². The molecule has 0 spiro atoms. The van der Waals surface area contributed by atoms with Crippen molar-refractivity contribution in [3.8, 4) is 5.75 Å². The summed E-state index contributed by atoms with van der Waals surface area (Å²) in [5, 5.41) is 12.2. The molecule has 0 radical (unpaired) electrons. The third kappa shape index (κ3) is 5.11. The molecule has 1 heterocycles. The Labute approximate surface area is 137 Å². The number of benzene rings is 1. The zero-order valence-corrected chi connectivity index (χ0v) is 14.3. The van der Waals surface area contributed by atoms with Gasteiger partial charge >= 0.3 is 0 Å². The van der Waals surface area contributed by atoms with Crippen molar-refractivity contribution in [2.45, 2.75) is 25.4 Å². The van der Waals surface area contributed by atoms with Crippen molar-refractivity contribution in [1.82, 2.24) is 0 Å². The molecule has 1 atom stereocenters. The molecule has 0 amide bonds. The number of hydrogen-bond acceptors (Lipinski definition) is 4. The molecule has 3 nitrogen and oxygen atoms in total. The maximum Gasteiger partial charge on any atom is 0.188 e. The Bertz CT molecular complexity index is 556. The van der Waals surface area contributed by atoms with Gasteiger partial charge in [-0.1, -0.05) is 18.2 Å². The van der Waals surface area contributed by atoms with Crippen molar-refractivity contribution in [3.05, 3.63) is 50.6 Å². The van der Waals surface area contributed by atoms with Gasteiger partial charge in [0.05, 0.1) is 6.10 Å². The largest absolute Gasteiger partial charge is 0.467 e. The van der Waals surface area contributed by atoms with E-state index < -0.39 is 6.10 Å². The van der Waals surface area contributed by atoms with Gasteiger partial charge in [0.2, 0.25) is 0 Å². The van der Waals surface area contributed by atoms with Crippen molar-refractivity contribution >= 4 is 27.3 Å². The highest BCUT2D eigenvalue weighted by molar-refractivity contribution is 9.10. The smallest absolute Gasteiger partial charge is 0.188 e. The van der Waals surface area contributed by atoms with Crippen LogP contribution in [0.3, 0.4) is 0 Å². The molecule has 2 rings (SSSR count). The molecule has 0 unspecified atom stereocenters. The summed E-state index contributed by atoms with van der Waals surface area (Å²) in [7, 11) is 1.61. The summed E-state index contributed by atoms with van der Waals surface area (Å²) < 4.78 is 11.5. The first-order valence-corrected chi connectivity index (χ1v) is 8.49. The lowest BCUT2D eigenvalue weighted by atomic mass is 10.0. The molecule has 0 aliphatic heterocycles. The van der Waals surface area contributed by atoms with E-state index in [0.717, 1.165) is 39.9 Å². The number of rotatable bonds is 8. The fourth-order valence-electron chi connectivity index (χ4n) is 2.10. The number of halogens is 1. The van der Waals surface area contributed by atoms with Crippen LogP contribution in [0.25, 0.3) is 0 Å². The maximum atomic E-state index is 10.2. The molecule has 0 saturated heterocycles. The third-order valence-electron chi connectivity index (χ3n) is 3.14. The summed E-state index contributed by atoms with van der Waals surface area (Å²) in [6, 6.07) is 9.93. The Kier molecular flexibility index (Phi) is 6.70. The molecule has 0 aliphatic carbocycles. The fourth-order valence-corrected chi connectivity index (χ4v) is 3.57. The first-order valence-electron chi connectivity index (χ1n) is 6.82. The first-order chi connectivity index (χ1) is 10.2. The topological polar surface area (TPSA) is 38.7 Å². The van der Waals surface area contributed by atoms with Gasteiger partial charge in [-0.05, 0) is 52.9 Å². The van der Waals surface area contributed by atoms with Crippen LogP contribution in [-0.2, 0) is 11.2 Å². The highest BCUT2D eigenvalue weighted by Crippen LogP contribution is 2.29. The molecule has 21 heavy (non-hydrogen) atoms. The molecule has 2 aromatic rings. The highest BCUT2D eigenvalue weighted by Gasteiger charge is 2.11. The summed E-state index contributed by atoms with van der Waals surface area (Å²) in [6.07, 6.45) is 2.13. The van der Waals surface area contributed by atoms with Gasteiger partial charge in [-0.2, -0.15) is 0 Å². The first kappa shape index (κ1) is 16.5. The van der Waals surface area contributed by atoms with Gasteiger partial charge in [-0.25, -0.2) is 0 Å². The van der Waals surface area contributed by atoms with Crippen LogP contribution >= 0.6 is 27.3 Å². The minimum absolute atomic E-state index is 0.253. The number of aryl methyl sites for hydroxylation is 1. The van der Waals surface area contributed by atoms with Crippen molar-refractivity contribution in [2.75, 3.05) is 13.9 Å². The van der Waals surface area contributed by atoms with E-state index >= 15 is 0 Å². The van der Waals surface area contributed by atoms with Crippen molar-refractivity contribution < 1.29 is 14.6 Å². The Morgan fingerprint density at radius 2 is 2.14 bits per heavy atom. The molecule has 1 aromatic heterocycles. The van der Waals surface area contributed by atoms with Crippen molar-refractivity contribution in [3.63, 3.8) is 0 Å². The predicted octanol–water partition coefficient (Wildman–Crippen LogP) is 4.55. The monoisotopic (exact) mass is 370 g/mol. The van der Waals surface area contributed by atoms with Gasteiger partial charge in [0.1, 0.15) is 5.75 Å². The molecule has 0 saturated carbocycles. The van der Waals surface area contributed by atoms with Crippen LogP contribution in [0.1, 0.15) is 29.4 Å². The number of aliphatic hydroxyl groups excluding tert-OH is 1. The lowest BCUT2D eigenvalue weighted by Gasteiger charge is -2.12. The van der Waals surface area contributed by atoms with Gasteiger partial charge in [0, 0.05) is 21.8 Å². The normalized spacial score (nSPS) is 12.3. The van der Waals surface area contributed by atoms with Crippen molar-refractivity contribution in [2.24, 2.45) is 0 Å². The Hall–Kier alpha value is -0.880. The van der Waals surface area contributed by atoms with E-state index in [2.05, 4.69) is 22.0 Å². The number of thiophene rings is 1. The second-order valence-electron chi connectivity index (χ2n) is 4.73. The van der Waals surface area contributed by atoms with Crippen LogP contribution in [0.15, 0.2) is 40.2 Å². The average Bonchev–Trinajstić information content (AvgIpc) is 2.93. The lowest BCUT2D eigenvalue weighted by Crippen LogP contribution is -2.02. The van der Waals surface area contributed by atoms with Gasteiger partial charge in [-0.15, -0.1) is 11.3 Å². The zero-order chi connectivity index (χ0) is 15.1. The quantitative estimate of drug-likeness (QED) is 0.692. The van der Waals surface area contributed by atoms with Crippen LogP contribution in [-0.4, -0.2) is 19.0 Å². The van der Waals surface area contributed by atoms with E-state index in [1.54, 1.807) is 18.4 Å². The minimum Gasteiger partial charge on any atom is -0.467 e. The minimum atomic E-state index is -0.395. The summed E-state index contributed by atoms with van der Waals surface area (Å²) in [5.74, 6) is 0.854. The van der Waals surface area contributed by atoms with Crippen LogP contribution in [0, 0.1) is 0 Å². The average molecular weight is 371 g/mol. The number of methoxy groups -OCH3 is 1. The van der Waals surface area contributed by atoms with Gasteiger partial charge < -0.3 is 14.6 Å². The van der Waals surface area contributed by atoms with E-state index in [1.807, 2.05) is 29.6 Å². The lowest BCUT2D eigenvalue weighted by molar-refractivity contribution is 0.0503.